The predicted molar refractivity (Wildman–Crippen MR) is 148 cm³/mol. The van der Waals surface area contributed by atoms with Gasteiger partial charge in [-0.3, -0.25) is 9.59 Å². The predicted octanol–water partition coefficient (Wildman–Crippen LogP) is 6.35. The number of carbonyl (C=O) groups is 2. The first-order valence-corrected chi connectivity index (χ1v) is 12.4. The minimum absolute atomic E-state index is 0.144. The smallest absolute Gasteiger partial charge is 0.266 e. The van der Waals surface area contributed by atoms with Crippen LogP contribution in [0, 0.1) is 11.3 Å². The standard InChI is InChI=1S/C28H25Cl2N3O5/c1-3-36-23-11-9-22(10-12-23)33-28(35)19(16-31)13-18-14-24(30)27(25(15-18)37-4-2)38-17-26(34)32-21-7-5-20(29)6-8-21/h5-15H,3-4,17H2,1-2H3,(H,32,34)(H,33,35)/b19-13+. The van der Waals surface area contributed by atoms with Crippen molar-refractivity contribution in [2.45, 2.75) is 13.8 Å². The summed E-state index contributed by atoms with van der Waals surface area (Å²) < 4.78 is 16.7. The minimum atomic E-state index is -0.593. The van der Waals surface area contributed by atoms with Gasteiger partial charge in [0.05, 0.1) is 18.2 Å². The zero-order valence-electron chi connectivity index (χ0n) is 20.7. The summed E-state index contributed by atoms with van der Waals surface area (Å²) in [6.45, 7) is 4.14. The van der Waals surface area contributed by atoms with E-state index in [9.17, 15) is 14.9 Å². The molecule has 2 amide bonds. The number of nitrogens with one attached hydrogen (secondary N) is 2. The Balaban J connectivity index is 1.74. The molecule has 3 aromatic carbocycles. The molecule has 0 aliphatic carbocycles. The lowest BCUT2D eigenvalue weighted by Crippen LogP contribution is -2.20. The van der Waals surface area contributed by atoms with Crippen LogP contribution in [0.3, 0.4) is 0 Å². The summed E-state index contributed by atoms with van der Waals surface area (Å²) >= 11 is 12.3. The Hall–Kier alpha value is -4.19. The first-order chi connectivity index (χ1) is 18.3. The molecule has 0 heterocycles. The molecule has 3 aromatic rings. The van der Waals surface area contributed by atoms with E-state index in [2.05, 4.69) is 10.6 Å². The van der Waals surface area contributed by atoms with Crippen molar-refractivity contribution in [2.75, 3.05) is 30.5 Å². The number of nitrogens with zero attached hydrogens (tertiary/aromatic N) is 1. The van der Waals surface area contributed by atoms with Crippen LogP contribution in [0.15, 0.2) is 66.2 Å². The van der Waals surface area contributed by atoms with Crippen LogP contribution in [0.1, 0.15) is 19.4 Å². The molecule has 0 aliphatic rings. The molecule has 38 heavy (non-hydrogen) atoms. The number of anilines is 2. The Labute approximate surface area is 230 Å². The lowest BCUT2D eigenvalue weighted by atomic mass is 10.1. The van der Waals surface area contributed by atoms with Gasteiger partial charge in [0.1, 0.15) is 17.4 Å². The van der Waals surface area contributed by atoms with E-state index in [4.69, 9.17) is 37.4 Å². The van der Waals surface area contributed by atoms with Gasteiger partial charge in [-0.2, -0.15) is 5.26 Å². The zero-order valence-corrected chi connectivity index (χ0v) is 22.2. The van der Waals surface area contributed by atoms with E-state index in [0.717, 1.165) is 0 Å². The molecule has 0 saturated heterocycles. The summed E-state index contributed by atoms with van der Waals surface area (Å²) in [6, 6.07) is 18.4. The number of benzene rings is 3. The highest BCUT2D eigenvalue weighted by Gasteiger charge is 2.16. The van der Waals surface area contributed by atoms with Crippen molar-refractivity contribution >= 4 is 52.5 Å². The molecule has 8 nitrogen and oxygen atoms in total. The van der Waals surface area contributed by atoms with E-state index in [0.29, 0.717) is 40.9 Å². The van der Waals surface area contributed by atoms with Gasteiger partial charge in [0.2, 0.25) is 0 Å². The van der Waals surface area contributed by atoms with Gasteiger partial charge < -0.3 is 24.8 Å². The molecule has 0 bridgehead atoms. The van der Waals surface area contributed by atoms with Crippen LogP contribution in [0.25, 0.3) is 6.08 Å². The maximum absolute atomic E-state index is 12.7. The number of hydrogen-bond acceptors (Lipinski definition) is 6. The van der Waals surface area contributed by atoms with Gasteiger partial charge >= 0.3 is 0 Å². The van der Waals surface area contributed by atoms with Crippen LogP contribution in [0.4, 0.5) is 11.4 Å². The van der Waals surface area contributed by atoms with Crippen molar-refractivity contribution < 1.29 is 23.8 Å². The van der Waals surface area contributed by atoms with E-state index in [1.54, 1.807) is 61.5 Å². The lowest BCUT2D eigenvalue weighted by Gasteiger charge is -2.15. The monoisotopic (exact) mass is 553 g/mol. The molecule has 196 valence electrons. The van der Waals surface area contributed by atoms with Crippen molar-refractivity contribution in [3.8, 4) is 23.3 Å². The summed E-state index contributed by atoms with van der Waals surface area (Å²) in [5.74, 6) is 0.0888. The Morgan fingerprint density at radius 2 is 1.53 bits per heavy atom. The van der Waals surface area contributed by atoms with E-state index in [1.807, 2.05) is 13.0 Å². The number of rotatable bonds is 11. The molecular formula is C28H25Cl2N3O5. The number of ether oxygens (including phenoxy) is 3. The van der Waals surface area contributed by atoms with Gasteiger partial charge in [-0.25, -0.2) is 0 Å². The number of carbonyl (C=O) groups excluding carboxylic acids is 2. The number of nitriles is 1. The number of hydrogen-bond donors (Lipinski definition) is 2. The number of halogens is 2. The maximum atomic E-state index is 12.7. The van der Waals surface area contributed by atoms with Crippen molar-refractivity contribution in [1.82, 2.24) is 0 Å². The van der Waals surface area contributed by atoms with Crippen LogP contribution < -0.4 is 24.8 Å². The Bertz CT molecular complexity index is 1350. The third-order valence-corrected chi connectivity index (χ3v) is 5.44. The highest BCUT2D eigenvalue weighted by molar-refractivity contribution is 6.32. The van der Waals surface area contributed by atoms with Crippen LogP contribution in [-0.4, -0.2) is 31.6 Å². The second kappa shape index (κ2) is 13.9. The molecule has 0 radical (unpaired) electrons. The molecule has 3 rings (SSSR count). The van der Waals surface area contributed by atoms with E-state index in [1.165, 1.54) is 12.1 Å². The first-order valence-electron chi connectivity index (χ1n) is 11.6. The molecule has 0 fully saturated rings. The topological polar surface area (TPSA) is 110 Å². The summed E-state index contributed by atoms with van der Waals surface area (Å²) in [7, 11) is 0. The number of amides is 2. The molecule has 0 aliphatic heterocycles. The van der Waals surface area contributed by atoms with E-state index >= 15 is 0 Å². The van der Waals surface area contributed by atoms with Gasteiger partial charge in [0, 0.05) is 16.4 Å². The fraction of sp³-hybridized carbons (Fsp3) is 0.179. The maximum Gasteiger partial charge on any atom is 0.266 e. The normalized spacial score (nSPS) is 10.8. The third-order valence-electron chi connectivity index (χ3n) is 4.91. The van der Waals surface area contributed by atoms with Gasteiger partial charge in [0.25, 0.3) is 11.8 Å². The van der Waals surface area contributed by atoms with Crippen LogP contribution in [0.2, 0.25) is 10.0 Å². The molecule has 2 N–H and O–H groups in total. The highest BCUT2D eigenvalue weighted by atomic mass is 35.5. The van der Waals surface area contributed by atoms with E-state index < -0.39 is 11.8 Å². The van der Waals surface area contributed by atoms with Gasteiger partial charge in [0.15, 0.2) is 18.1 Å². The van der Waals surface area contributed by atoms with Crippen LogP contribution in [0.5, 0.6) is 17.2 Å². The minimum Gasteiger partial charge on any atom is -0.494 e. The quantitative estimate of drug-likeness (QED) is 0.211. The molecular weight excluding hydrogens is 529 g/mol. The summed E-state index contributed by atoms with van der Waals surface area (Å²) in [6.07, 6.45) is 1.38. The highest BCUT2D eigenvalue weighted by Crippen LogP contribution is 2.37. The molecule has 0 unspecified atom stereocenters. The first kappa shape index (κ1) is 28.4. The summed E-state index contributed by atoms with van der Waals surface area (Å²) in [5.41, 5.74) is 1.36. The molecule has 0 aromatic heterocycles. The van der Waals surface area contributed by atoms with Crippen molar-refractivity contribution in [3.63, 3.8) is 0 Å². The molecule has 0 atom stereocenters. The molecule has 0 saturated carbocycles. The van der Waals surface area contributed by atoms with Crippen LogP contribution in [-0.2, 0) is 9.59 Å². The summed E-state index contributed by atoms with van der Waals surface area (Å²) in [5, 5.41) is 15.7. The lowest BCUT2D eigenvalue weighted by molar-refractivity contribution is -0.118. The molecule has 10 heteroatoms. The zero-order chi connectivity index (χ0) is 27.5. The van der Waals surface area contributed by atoms with E-state index in [-0.39, 0.29) is 28.7 Å². The van der Waals surface area contributed by atoms with Gasteiger partial charge in [-0.1, -0.05) is 23.2 Å². The van der Waals surface area contributed by atoms with Crippen molar-refractivity contribution in [1.29, 1.82) is 5.26 Å². The second-order valence-electron chi connectivity index (χ2n) is 7.69. The largest absolute Gasteiger partial charge is 0.494 e. The van der Waals surface area contributed by atoms with Crippen molar-refractivity contribution in [3.05, 3.63) is 81.8 Å². The molecule has 0 spiro atoms. The van der Waals surface area contributed by atoms with Gasteiger partial charge in [-0.15, -0.1) is 0 Å². The van der Waals surface area contributed by atoms with Crippen molar-refractivity contribution in [2.24, 2.45) is 0 Å². The Morgan fingerprint density at radius 3 is 2.16 bits per heavy atom. The Morgan fingerprint density at radius 1 is 0.895 bits per heavy atom. The summed E-state index contributed by atoms with van der Waals surface area (Å²) in [4.78, 5) is 25.0. The average molecular weight is 554 g/mol. The van der Waals surface area contributed by atoms with Crippen LogP contribution >= 0.6 is 23.2 Å². The second-order valence-corrected chi connectivity index (χ2v) is 8.53. The fourth-order valence-electron chi connectivity index (χ4n) is 3.26. The third kappa shape index (κ3) is 8.17. The van der Waals surface area contributed by atoms with Gasteiger partial charge in [-0.05, 0) is 86.2 Å². The Kier molecular flexibility index (Phi) is 10.4. The fourth-order valence-corrected chi connectivity index (χ4v) is 3.66. The average Bonchev–Trinajstić information content (AvgIpc) is 2.89. The SMILES string of the molecule is CCOc1ccc(NC(=O)/C(C#N)=C/c2cc(Cl)c(OCC(=O)Nc3ccc(Cl)cc3)c(OCC)c2)cc1.